The molecule has 392 valence electrons. The second kappa shape index (κ2) is 45.0. The number of amides is 1. The average molecular weight is 942 g/mol. The van der Waals surface area contributed by atoms with Crippen LogP contribution in [0.5, 0.6) is 0 Å². The zero-order valence-electron chi connectivity index (χ0n) is 42.7. The number of unbranched alkanes of at least 4 members (excludes halogenated alkanes) is 34. The fourth-order valence-electron chi connectivity index (χ4n) is 9.21. The second-order valence-corrected chi connectivity index (χ2v) is 20.0. The van der Waals surface area contributed by atoms with Gasteiger partial charge in [-0.1, -0.05) is 238 Å². The third kappa shape index (κ3) is 33.4. The Morgan fingerprint density at radius 1 is 0.515 bits per heavy atom. The highest BCUT2D eigenvalue weighted by molar-refractivity contribution is 5.80. The van der Waals surface area contributed by atoms with Gasteiger partial charge < -0.3 is 50.5 Å². The highest BCUT2D eigenvalue weighted by atomic mass is 16.7. The molecule has 0 aliphatic carbocycles. The molecule has 0 aromatic heterocycles. The van der Waals surface area contributed by atoms with E-state index in [4.69, 9.17) is 9.47 Å². The molecular weight excluding hydrogens is 835 g/mol. The summed E-state index contributed by atoms with van der Waals surface area (Å²) in [4.78, 5) is 13.1. The van der Waals surface area contributed by atoms with Gasteiger partial charge in [0.1, 0.15) is 36.6 Å². The Morgan fingerprint density at radius 2 is 0.894 bits per heavy atom. The minimum absolute atomic E-state index is 0.259. The largest absolute Gasteiger partial charge is 0.394 e. The van der Waals surface area contributed by atoms with Gasteiger partial charge in [0.25, 0.3) is 0 Å². The van der Waals surface area contributed by atoms with Gasteiger partial charge >= 0.3 is 0 Å². The molecule has 0 aromatic carbocycles. The first kappa shape index (κ1) is 62.9. The lowest BCUT2D eigenvalue weighted by molar-refractivity contribution is -0.303. The quantitative estimate of drug-likeness (QED) is 0.0215. The van der Waals surface area contributed by atoms with Gasteiger partial charge in [0.15, 0.2) is 6.29 Å². The van der Waals surface area contributed by atoms with Gasteiger partial charge in [-0.05, 0) is 38.5 Å². The highest BCUT2D eigenvalue weighted by Gasteiger charge is 2.44. The molecular formula is C55H107NO10. The number of hydrogen-bond acceptors (Lipinski definition) is 10. The molecule has 0 spiro atoms. The van der Waals surface area contributed by atoms with E-state index < -0.39 is 74.2 Å². The zero-order chi connectivity index (χ0) is 48.3. The minimum atomic E-state index is -1.66. The van der Waals surface area contributed by atoms with Crippen LogP contribution in [0.2, 0.25) is 0 Å². The standard InChI is InChI=1S/C55H107NO10/c1-3-5-7-9-11-13-15-16-17-18-19-20-21-22-23-24-25-26-27-28-29-30-31-33-35-37-39-41-43-48(59)54(64)56-46(45-65-55-53(63)52(62)51(61)49(44-57)66-55)50(60)47(58)42-40-38-36-34-32-14-12-10-8-6-4-2/h34,36,46-53,55,57-63H,3-33,35,37-45H2,1-2H3,(H,56,64)/b36-34+. The Balaban J connectivity index is 2.22. The van der Waals surface area contributed by atoms with E-state index >= 15 is 0 Å². The number of ether oxygens (including phenoxy) is 2. The van der Waals surface area contributed by atoms with Crippen molar-refractivity contribution >= 4 is 5.91 Å². The summed E-state index contributed by atoms with van der Waals surface area (Å²) in [7, 11) is 0. The summed E-state index contributed by atoms with van der Waals surface area (Å²) in [5.74, 6) is -0.702. The monoisotopic (exact) mass is 942 g/mol. The zero-order valence-corrected chi connectivity index (χ0v) is 42.7. The van der Waals surface area contributed by atoms with Crippen molar-refractivity contribution in [2.75, 3.05) is 13.2 Å². The van der Waals surface area contributed by atoms with Crippen molar-refractivity contribution in [3.8, 4) is 0 Å². The summed E-state index contributed by atoms with van der Waals surface area (Å²) in [6.45, 7) is 3.43. The summed E-state index contributed by atoms with van der Waals surface area (Å²) < 4.78 is 11.1. The summed E-state index contributed by atoms with van der Waals surface area (Å²) in [6, 6.07) is -1.18. The van der Waals surface area contributed by atoms with Crippen LogP contribution in [0.15, 0.2) is 12.2 Å². The van der Waals surface area contributed by atoms with Gasteiger partial charge in [0.2, 0.25) is 5.91 Å². The van der Waals surface area contributed by atoms with Crippen LogP contribution in [0.1, 0.15) is 264 Å². The van der Waals surface area contributed by atoms with Crippen molar-refractivity contribution < 1.29 is 50.0 Å². The molecule has 0 bridgehead atoms. The topological polar surface area (TPSA) is 189 Å². The van der Waals surface area contributed by atoms with Gasteiger partial charge in [-0.25, -0.2) is 0 Å². The van der Waals surface area contributed by atoms with Crippen molar-refractivity contribution in [3.63, 3.8) is 0 Å². The molecule has 11 nitrogen and oxygen atoms in total. The van der Waals surface area contributed by atoms with E-state index in [-0.39, 0.29) is 12.8 Å². The summed E-state index contributed by atoms with van der Waals surface area (Å²) >= 11 is 0. The van der Waals surface area contributed by atoms with Crippen LogP contribution < -0.4 is 5.32 Å². The molecule has 8 N–H and O–H groups in total. The summed E-state index contributed by atoms with van der Waals surface area (Å²) in [5.41, 5.74) is 0. The molecule has 1 aliphatic rings. The third-order valence-electron chi connectivity index (χ3n) is 13.8. The van der Waals surface area contributed by atoms with Crippen molar-refractivity contribution in [2.45, 2.75) is 319 Å². The maximum atomic E-state index is 13.1. The van der Waals surface area contributed by atoms with Crippen LogP contribution in [0, 0.1) is 0 Å². The minimum Gasteiger partial charge on any atom is -0.394 e. The first-order valence-corrected chi connectivity index (χ1v) is 28.1. The lowest BCUT2D eigenvalue weighted by Crippen LogP contribution is -2.60. The number of allylic oxidation sites excluding steroid dienone is 2. The SMILES string of the molecule is CCCCCCCC/C=C/CCCC(O)C(O)C(COC1OC(CO)C(O)C(O)C1O)NC(=O)C(O)CCCCCCCCCCCCCCCCCCCCCCCCCCCCCC. The molecule has 0 aromatic rings. The van der Waals surface area contributed by atoms with Gasteiger partial charge in [-0.15, -0.1) is 0 Å². The summed E-state index contributed by atoms with van der Waals surface area (Å²) in [5, 5.41) is 75.8. The van der Waals surface area contributed by atoms with Crippen molar-refractivity contribution in [3.05, 3.63) is 12.2 Å². The molecule has 1 fully saturated rings. The fraction of sp³-hybridized carbons (Fsp3) is 0.945. The molecule has 1 aliphatic heterocycles. The predicted octanol–water partition coefficient (Wildman–Crippen LogP) is 11.2. The fourth-order valence-corrected chi connectivity index (χ4v) is 9.21. The Morgan fingerprint density at radius 3 is 1.30 bits per heavy atom. The molecule has 0 radical (unpaired) electrons. The Bertz CT molecular complexity index is 1080. The smallest absolute Gasteiger partial charge is 0.249 e. The van der Waals surface area contributed by atoms with E-state index in [1.54, 1.807) is 0 Å². The normalized spacial score (nSPS) is 20.8. The van der Waals surface area contributed by atoms with Gasteiger partial charge in [0, 0.05) is 0 Å². The maximum absolute atomic E-state index is 13.1. The van der Waals surface area contributed by atoms with Crippen LogP contribution in [-0.2, 0) is 14.3 Å². The maximum Gasteiger partial charge on any atom is 0.249 e. The third-order valence-corrected chi connectivity index (χ3v) is 13.8. The van der Waals surface area contributed by atoms with Gasteiger partial charge in [-0.3, -0.25) is 4.79 Å². The molecule has 1 amide bonds. The number of aliphatic hydroxyl groups is 7. The van der Waals surface area contributed by atoms with Gasteiger partial charge in [-0.2, -0.15) is 0 Å². The molecule has 0 saturated carbocycles. The number of hydrogen-bond donors (Lipinski definition) is 8. The first-order valence-electron chi connectivity index (χ1n) is 28.1. The molecule has 1 rings (SSSR count). The lowest BCUT2D eigenvalue weighted by Gasteiger charge is -2.40. The molecule has 11 heteroatoms. The van der Waals surface area contributed by atoms with E-state index in [9.17, 15) is 40.5 Å². The lowest BCUT2D eigenvalue weighted by atomic mass is 9.98. The molecule has 66 heavy (non-hydrogen) atoms. The van der Waals surface area contributed by atoms with E-state index in [0.29, 0.717) is 12.8 Å². The van der Waals surface area contributed by atoms with Crippen molar-refractivity contribution in [1.29, 1.82) is 0 Å². The molecule has 9 atom stereocenters. The molecule has 1 saturated heterocycles. The average Bonchev–Trinajstić information content (AvgIpc) is 3.32. The number of carbonyl (C=O) groups excluding carboxylic acids is 1. The number of carbonyl (C=O) groups is 1. The molecule has 1 heterocycles. The van der Waals surface area contributed by atoms with Crippen LogP contribution >= 0.6 is 0 Å². The van der Waals surface area contributed by atoms with E-state index in [2.05, 4.69) is 31.3 Å². The van der Waals surface area contributed by atoms with Crippen LogP contribution in [-0.4, -0.2) is 110 Å². The predicted molar refractivity (Wildman–Crippen MR) is 270 cm³/mol. The van der Waals surface area contributed by atoms with Gasteiger partial charge in [0.05, 0.1) is 25.4 Å². The number of nitrogens with one attached hydrogen (secondary N) is 1. The van der Waals surface area contributed by atoms with E-state index in [0.717, 1.165) is 38.5 Å². The van der Waals surface area contributed by atoms with Crippen LogP contribution in [0.4, 0.5) is 0 Å². The van der Waals surface area contributed by atoms with Crippen LogP contribution in [0.25, 0.3) is 0 Å². The van der Waals surface area contributed by atoms with E-state index in [1.807, 2.05) is 0 Å². The summed E-state index contributed by atoms with van der Waals surface area (Å²) in [6.07, 6.45) is 40.1. The molecule has 9 unspecified atom stereocenters. The Kier molecular flexibility index (Phi) is 42.9. The Labute approximate surface area is 404 Å². The van der Waals surface area contributed by atoms with Crippen LogP contribution in [0.3, 0.4) is 0 Å². The second-order valence-electron chi connectivity index (χ2n) is 20.0. The van der Waals surface area contributed by atoms with Crippen molar-refractivity contribution in [1.82, 2.24) is 5.32 Å². The van der Waals surface area contributed by atoms with Crippen molar-refractivity contribution in [2.24, 2.45) is 0 Å². The number of aliphatic hydroxyl groups excluding tert-OH is 7. The highest BCUT2D eigenvalue weighted by Crippen LogP contribution is 2.23. The first-order chi connectivity index (χ1) is 32.2. The Hall–Kier alpha value is -1.15. The number of rotatable bonds is 48. The van der Waals surface area contributed by atoms with E-state index in [1.165, 1.54) is 186 Å².